The van der Waals surface area contributed by atoms with Crippen molar-refractivity contribution in [2.45, 2.75) is 23.8 Å². The summed E-state index contributed by atoms with van der Waals surface area (Å²) in [6, 6.07) is 10.6. The SMILES string of the molecule is CSc1ccc(C(=O)N2CCC[C@@H]2c2ccc(F)cc2)cc1[N+](=O)[O-]. The lowest BCUT2D eigenvalue weighted by Gasteiger charge is -2.25. The lowest BCUT2D eigenvalue weighted by atomic mass is 10.0. The number of amides is 1. The predicted molar refractivity (Wildman–Crippen MR) is 94.3 cm³/mol. The minimum Gasteiger partial charge on any atom is -0.332 e. The highest BCUT2D eigenvalue weighted by atomic mass is 32.2. The van der Waals surface area contributed by atoms with E-state index in [1.165, 1.54) is 30.0 Å². The summed E-state index contributed by atoms with van der Waals surface area (Å²) in [5, 5.41) is 11.2. The standard InChI is InChI=1S/C18H17FN2O3S/c1-25-17-9-6-13(11-16(17)21(23)24)18(22)20-10-2-3-15(20)12-4-7-14(19)8-5-12/h4-9,11,15H,2-3,10H2,1H3/t15-/m1/s1. The second-order valence-electron chi connectivity index (χ2n) is 5.85. The van der Waals surface area contributed by atoms with Gasteiger partial charge in [-0.25, -0.2) is 4.39 Å². The Kier molecular flexibility index (Phi) is 5.03. The fraction of sp³-hybridized carbons (Fsp3) is 0.278. The smallest absolute Gasteiger partial charge is 0.283 e. The van der Waals surface area contributed by atoms with E-state index >= 15 is 0 Å². The Morgan fingerprint density at radius 3 is 2.64 bits per heavy atom. The average molecular weight is 360 g/mol. The third kappa shape index (κ3) is 3.51. The number of benzene rings is 2. The summed E-state index contributed by atoms with van der Waals surface area (Å²) < 4.78 is 13.1. The molecule has 7 heteroatoms. The van der Waals surface area contributed by atoms with Gasteiger partial charge >= 0.3 is 0 Å². The van der Waals surface area contributed by atoms with Crippen molar-refractivity contribution >= 4 is 23.4 Å². The molecule has 1 saturated heterocycles. The molecule has 0 bridgehead atoms. The molecular formula is C18H17FN2O3S. The third-order valence-electron chi connectivity index (χ3n) is 4.39. The normalized spacial score (nSPS) is 16.9. The first-order chi connectivity index (χ1) is 12.0. The summed E-state index contributed by atoms with van der Waals surface area (Å²) in [6.45, 7) is 0.582. The van der Waals surface area contributed by atoms with E-state index in [2.05, 4.69) is 0 Å². The van der Waals surface area contributed by atoms with Gasteiger partial charge in [0.1, 0.15) is 5.82 Å². The number of carbonyl (C=O) groups excluding carboxylic acids is 1. The van der Waals surface area contributed by atoms with Crippen LogP contribution in [-0.4, -0.2) is 28.5 Å². The van der Waals surface area contributed by atoms with Gasteiger partial charge in [-0.1, -0.05) is 12.1 Å². The average Bonchev–Trinajstić information content (AvgIpc) is 3.10. The molecule has 1 amide bonds. The third-order valence-corrected chi connectivity index (χ3v) is 5.18. The molecule has 5 nitrogen and oxygen atoms in total. The number of nitrogens with zero attached hydrogens (tertiary/aromatic N) is 2. The zero-order valence-electron chi connectivity index (χ0n) is 13.6. The molecule has 0 saturated carbocycles. The Morgan fingerprint density at radius 2 is 2.00 bits per heavy atom. The van der Waals surface area contributed by atoms with Crippen LogP contribution in [0.4, 0.5) is 10.1 Å². The molecular weight excluding hydrogens is 343 g/mol. The maximum atomic E-state index is 13.1. The first kappa shape index (κ1) is 17.4. The van der Waals surface area contributed by atoms with Gasteiger partial charge in [0.25, 0.3) is 11.6 Å². The molecule has 0 aliphatic carbocycles. The maximum Gasteiger partial charge on any atom is 0.283 e. The zero-order valence-corrected chi connectivity index (χ0v) is 14.5. The van der Waals surface area contributed by atoms with Gasteiger partial charge in [0.15, 0.2) is 0 Å². The highest BCUT2D eigenvalue weighted by Gasteiger charge is 2.31. The van der Waals surface area contributed by atoms with Crippen LogP contribution in [0.2, 0.25) is 0 Å². The molecule has 130 valence electrons. The van der Waals surface area contributed by atoms with Crippen LogP contribution in [0.1, 0.15) is 34.8 Å². The van der Waals surface area contributed by atoms with Gasteiger partial charge in [-0.15, -0.1) is 11.8 Å². The number of rotatable bonds is 4. The van der Waals surface area contributed by atoms with Crippen molar-refractivity contribution in [1.82, 2.24) is 4.90 Å². The van der Waals surface area contributed by atoms with Crippen molar-refractivity contribution < 1.29 is 14.1 Å². The summed E-state index contributed by atoms with van der Waals surface area (Å²) in [6.07, 6.45) is 3.40. The minimum atomic E-state index is -0.468. The maximum absolute atomic E-state index is 13.1. The minimum absolute atomic E-state index is 0.0594. The van der Waals surface area contributed by atoms with Gasteiger partial charge in [0.2, 0.25) is 0 Å². The Hall–Kier alpha value is -2.41. The number of nitro groups is 1. The number of halogens is 1. The van der Waals surface area contributed by atoms with E-state index in [1.807, 2.05) is 0 Å². The fourth-order valence-corrected chi connectivity index (χ4v) is 3.72. The number of thioether (sulfide) groups is 1. The monoisotopic (exact) mass is 360 g/mol. The van der Waals surface area contributed by atoms with Crippen LogP contribution in [0, 0.1) is 15.9 Å². The fourth-order valence-electron chi connectivity index (χ4n) is 3.17. The van der Waals surface area contributed by atoms with E-state index in [-0.39, 0.29) is 23.5 Å². The summed E-state index contributed by atoms with van der Waals surface area (Å²) in [4.78, 5) is 25.9. The topological polar surface area (TPSA) is 63.5 Å². The summed E-state index contributed by atoms with van der Waals surface area (Å²) >= 11 is 1.27. The molecule has 1 heterocycles. The molecule has 1 aliphatic rings. The van der Waals surface area contributed by atoms with Gasteiger partial charge in [-0.05, 0) is 48.9 Å². The highest BCUT2D eigenvalue weighted by Crippen LogP contribution is 2.35. The number of nitro benzene ring substituents is 1. The second kappa shape index (κ2) is 7.23. The molecule has 0 radical (unpaired) electrons. The molecule has 0 N–H and O–H groups in total. The van der Waals surface area contributed by atoms with Crippen LogP contribution in [0.15, 0.2) is 47.4 Å². The van der Waals surface area contributed by atoms with Crippen LogP contribution in [0.5, 0.6) is 0 Å². The van der Waals surface area contributed by atoms with Crippen LogP contribution >= 0.6 is 11.8 Å². The molecule has 1 atom stereocenters. The zero-order chi connectivity index (χ0) is 18.0. The predicted octanol–water partition coefficient (Wildman–Crippen LogP) is 4.43. The molecule has 25 heavy (non-hydrogen) atoms. The van der Waals surface area contributed by atoms with E-state index in [9.17, 15) is 19.3 Å². The van der Waals surface area contributed by atoms with Gasteiger partial charge < -0.3 is 4.90 Å². The number of hydrogen-bond acceptors (Lipinski definition) is 4. The summed E-state index contributed by atoms with van der Waals surface area (Å²) in [7, 11) is 0. The van der Waals surface area contributed by atoms with Crippen LogP contribution < -0.4 is 0 Å². The molecule has 2 aromatic carbocycles. The van der Waals surface area contributed by atoms with Crippen molar-refractivity contribution in [2.24, 2.45) is 0 Å². The molecule has 0 aromatic heterocycles. The molecule has 0 spiro atoms. The van der Waals surface area contributed by atoms with E-state index in [0.29, 0.717) is 17.0 Å². The van der Waals surface area contributed by atoms with Crippen LogP contribution in [0.25, 0.3) is 0 Å². The Morgan fingerprint density at radius 1 is 1.28 bits per heavy atom. The molecule has 3 rings (SSSR count). The highest BCUT2D eigenvalue weighted by molar-refractivity contribution is 7.98. The number of hydrogen-bond donors (Lipinski definition) is 0. The lowest BCUT2D eigenvalue weighted by molar-refractivity contribution is -0.387. The van der Waals surface area contributed by atoms with E-state index in [0.717, 1.165) is 18.4 Å². The van der Waals surface area contributed by atoms with Crippen LogP contribution in [0.3, 0.4) is 0 Å². The van der Waals surface area contributed by atoms with Crippen molar-refractivity contribution in [1.29, 1.82) is 0 Å². The largest absolute Gasteiger partial charge is 0.332 e. The molecule has 1 aliphatic heterocycles. The summed E-state index contributed by atoms with van der Waals surface area (Å²) in [5.41, 5.74) is 1.12. The van der Waals surface area contributed by atoms with Crippen molar-refractivity contribution in [3.63, 3.8) is 0 Å². The van der Waals surface area contributed by atoms with E-state index in [1.54, 1.807) is 35.4 Å². The molecule has 1 fully saturated rings. The molecule has 0 unspecified atom stereocenters. The van der Waals surface area contributed by atoms with Gasteiger partial charge in [-0.2, -0.15) is 0 Å². The van der Waals surface area contributed by atoms with Crippen molar-refractivity contribution in [2.75, 3.05) is 12.8 Å². The number of carbonyl (C=O) groups is 1. The second-order valence-corrected chi connectivity index (χ2v) is 6.70. The van der Waals surface area contributed by atoms with Gasteiger partial charge in [-0.3, -0.25) is 14.9 Å². The first-order valence-electron chi connectivity index (χ1n) is 7.90. The molecule has 2 aromatic rings. The Balaban J connectivity index is 1.90. The van der Waals surface area contributed by atoms with Crippen LogP contribution in [-0.2, 0) is 0 Å². The first-order valence-corrected chi connectivity index (χ1v) is 9.12. The number of likely N-dealkylation sites (tertiary alicyclic amines) is 1. The van der Waals surface area contributed by atoms with E-state index in [4.69, 9.17) is 0 Å². The summed E-state index contributed by atoms with van der Waals surface area (Å²) in [5.74, 6) is -0.550. The van der Waals surface area contributed by atoms with Crippen molar-refractivity contribution in [3.8, 4) is 0 Å². The van der Waals surface area contributed by atoms with Gasteiger partial charge in [0.05, 0.1) is 15.9 Å². The van der Waals surface area contributed by atoms with Crippen molar-refractivity contribution in [3.05, 3.63) is 69.5 Å². The van der Waals surface area contributed by atoms with Gasteiger partial charge in [0, 0.05) is 18.2 Å². The Bertz CT molecular complexity index is 810. The quantitative estimate of drug-likeness (QED) is 0.460. The lowest BCUT2D eigenvalue weighted by Crippen LogP contribution is -2.30. The van der Waals surface area contributed by atoms with E-state index < -0.39 is 4.92 Å². The Labute approximate surface area is 149 Å².